The van der Waals surface area contributed by atoms with E-state index in [4.69, 9.17) is 19.9 Å². The molecule has 1 heterocycles. The lowest BCUT2D eigenvalue weighted by atomic mass is 9.83. The van der Waals surface area contributed by atoms with Gasteiger partial charge in [-0.3, -0.25) is 4.79 Å². The standard InChI is InChI=1S/C31H23FN2O4/c32-23-11-9-21(10-12-23)19-36-24-8-4-7-22(16-24)30-26-14-13-25(17-28(26)38-31(34)27(30)18-33)37-29(35)15-20-5-2-1-3-6-20/h1-14,16-17,30H,15,19,34H2. The summed E-state index contributed by atoms with van der Waals surface area (Å²) in [5.74, 6) is 0.0548. The first-order chi connectivity index (χ1) is 18.5. The van der Waals surface area contributed by atoms with Crippen LogP contribution >= 0.6 is 0 Å². The zero-order chi connectivity index (χ0) is 26.5. The molecule has 6 nitrogen and oxygen atoms in total. The second-order valence-electron chi connectivity index (χ2n) is 8.75. The molecule has 0 fully saturated rings. The molecule has 4 aromatic rings. The van der Waals surface area contributed by atoms with Gasteiger partial charge in [0.15, 0.2) is 0 Å². The highest BCUT2D eigenvalue weighted by atomic mass is 19.1. The molecule has 38 heavy (non-hydrogen) atoms. The molecule has 2 N–H and O–H groups in total. The van der Waals surface area contributed by atoms with Gasteiger partial charge in [-0.2, -0.15) is 5.26 Å². The summed E-state index contributed by atoms with van der Waals surface area (Å²) in [5.41, 5.74) is 9.55. The smallest absolute Gasteiger partial charge is 0.315 e. The summed E-state index contributed by atoms with van der Waals surface area (Å²) in [6, 6.07) is 30.0. The van der Waals surface area contributed by atoms with E-state index in [0.29, 0.717) is 22.8 Å². The minimum atomic E-state index is -0.507. The lowest BCUT2D eigenvalue weighted by molar-refractivity contribution is -0.133. The van der Waals surface area contributed by atoms with Crippen LogP contribution in [-0.2, 0) is 17.8 Å². The molecule has 0 saturated carbocycles. The van der Waals surface area contributed by atoms with Crippen LogP contribution in [0.5, 0.6) is 17.2 Å². The first-order valence-corrected chi connectivity index (χ1v) is 11.9. The summed E-state index contributed by atoms with van der Waals surface area (Å²) in [5, 5.41) is 9.88. The van der Waals surface area contributed by atoms with E-state index >= 15 is 0 Å². The zero-order valence-electron chi connectivity index (χ0n) is 20.3. The summed E-state index contributed by atoms with van der Waals surface area (Å²) in [6.45, 7) is 0.259. The predicted octanol–water partition coefficient (Wildman–Crippen LogP) is 5.77. The number of hydrogen-bond acceptors (Lipinski definition) is 6. The summed E-state index contributed by atoms with van der Waals surface area (Å²) < 4.78 is 30.4. The number of nitrogens with zero attached hydrogens (tertiary/aromatic N) is 1. The summed E-state index contributed by atoms with van der Waals surface area (Å²) >= 11 is 0. The maximum atomic E-state index is 13.2. The monoisotopic (exact) mass is 506 g/mol. The number of carbonyl (C=O) groups is 1. The van der Waals surface area contributed by atoms with Crippen molar-refractivity contribution in [2.45, 2.75) is 18.9 Å². The third-order valence-electron chi connectivity index (χ3n) is 6.12. The number of esters is 1. The molecule has 4 aromatic carbocycles. The minimum absolute atomic E-state index is 0.0182. The van der Waals surface area contributed by atoms with Crippen molar-refractivity contribution in [1.29, 1.82) is 5.26 Å². The molecule has 0 amide bonds. The van der Waals surface area contributed by atoms with E-state index in [2.05, 4.69) is 6.07 Å². The van der Waals surface area contributed by atoms with Crippen molar-refractivity contribution in [3.63, 3.8) is 0 Å². The molecule has 0 saturated heterocycles. The van der Waals surface area contributed by atoms with Gasteiger partial charge in [0.25, 0.3) is 0 Å². The predicted molar refractivity (Wildman–Crippen MR) is 139 cm³/mol. The first-order valence-electron chi connectivity index (χ1n) is 11.9. The zero-order valence-corrected chi connectivity index (χ0v) is 20.3. The first kappa shape index (κ1) is 24.6. The molecule has 0 bridgehead atoms. The molecule has 1 atom stereocenters. The summed E-state index contributed by atoms with van der Waals surface area (Å²) in [4.78, 5) is 12.4. The van der Waals surface area contributed by atoms with Crippen LogP contribution < -0.4 is 19.9 Å². The van der Waals surface area contributed by atoms with Crippen molar-refractivity contribution < 1.29 is 23.4 Å². The molecule has 1 aliphatic rings. The van der Waals surface area contributed by atoms with Crippen molar-refractivity contribution >= 4 is 5.97 Å². The van der Waals surface area contributed by atoms with Gasteiger partial charge in [0.1, 0.15) is 41.3 Å². The van der Waals surface area contributed by atoms with Crippen molar-refractivity contribution in [1.82, 2.24) is 0 Å². The van der Waals surface area contributed by atoms with E-state index in [1.54, 1.807) is 30.3 Å². The van der Waals surface area contributed by atoms with Gasteiger partial charge in [0.05, 0.1) is 12.3 Å². The third kappa shape index (κ3) is 5.50. The molecular weight excluding hydrogens is 483 g/mol. The minimum Gasteiger partial charge on any atom is -0.489 e. The van der Waals surface area contributed by atoms with Crippen LogP contribution in [0.2, 0.25) is 0 Å². The number of ether oxygens (including phenoxy) is 3. The average molecular weight is 507 g/mol. The van der Waals surface area contributed by atoms with Gasteiger partial charge in [-0.1, -0.05) is 60.7 Å². The van der Waals surface area contributed by atoms with Crippen LogP contribution in [0.25, 0.3) is 0 Å². The van der Waals surface area contributed by atoms with Crippen LogP contribution in [0.4, 0.5) is 4.39 Å². The Balaban J connectivity index is 1.38. The molecule has 1 unspecified atom stereocenters. The molecule has 188 valence electrons. The molecule has 0 radical (unpaired) electrons. The highest BCUT2D eigenvalue weighted by Gasteiger charge is 2.31. The van der Waals surface area contributed by atoms with Crippen molar-refractivity contribution in [2.75, 3.05) is 0 Å². The number of carbonyl (C=O) groups excluding carboxylic acids is 1. The SMILES string of the molecule is N#CC1=C(N)Oc2cc(OC(=O)Cc3ccccc3)ccc2C1c1cccc(OCc2ccc(F)cc2)c1. The fourth-order valence-corrected chi connectivity index (χ4v) is 4.30. The van der Waals surface area contributed by atoms with Gasteiger partial charge in [0, 0.05) is 11.6 Å². The fraction of sp³-hybridized carbons (Fsp3) is 0.0968. The maximum Gasteiger partial charge on any atom is 0.315 e. The Morgan fingerprint density at radius 2 is 1.71 bits per heavy atom. The van der Waals surface area contributed by atoms with Crippen molar-refractivity contribution in [3.05, 3.63) is 137 Å². The Kier molecular flexibility index (Phi) is 7.05. The van der Waals surface area contributed by atoms with Crippen molar-refractivity contribution in [3.8, 4) is 23.3 Å². The largest absolute Gasteiger partial charge is 0.489 e. The van der Waals surface area contributed by atoms with Crippen LogP contribution in [0, 0.1) is 17.1 Å². The lowest BCUT2D eigenvalue weighted by Gasteiger charge is -2.27. The number of allylic oxidation sites excluding steroid dienone is 1. The van der Waals surface area contributed by atoms with E-state index in [9.17, 15) is 14.4 Å². The number of nitriles is 1. The number of halogens is 1. The normalized spacial score (nSPS) is 14.2. The third-order valence-corrected chi connectivity index (χ3v) is 6.12. The van der Waals surface area contributed by atoms with Gasteiger partial charge in [-0.15, -0.1) is 0 Å². The lowest BCUT2D eigenvalue weighted by Crippen LogP contribution is -2.21. The van der Waals surface area contributed by atoms with Gasteiger partial charge >= 0.3 is 5.97 Å². The average Bonchev–Trinajstić information content (AvgIpc) is 2.92. The van der Waals surface area contributed by atoms with Crippen LogP contribution in [0.15, 0.2) is 109 Å². The Bertz CT molecular complexity index is 1540. The van der Waals surface area contributed by atoms with Crippen LogP contribution in [-0.4, -0.2) is 5.97 Å². The summed E-state index contributed by atoms with van der Waals surface area (Å²) in [6.07, 6.45) is 0.132. The Labute approximate surface area is 219 Å². The topological polar surface area (TPSA) is 94.6 Å². The Morgan fingerprint density at radius 3 is 2.47 bits per heavy atom. The molecule has 0 aromatic heterocycles. The van der Waals surface area contributed by atoms with E-state index < -0.39 is 11.9 Å². The molecule has 0 aliphatic carbocycles. The second kappa shape index (κ2) is 10.9. The van der Waals surface area contributed by atoms with Gasteiger partial charge in [0.2, 0.25) is 5.88 Å². The number of nitrogens with two attached hydrogens (primary N) is 1. The molecule has 0 spiro atoms. The van der Waals surface area contributed by atoms with E-state index in [1.807, 2.05) is 54.6 Å². The maximum absolute atomic E-state index is 13.2. The fourth-order valence-electron chi connectivity index (χ4n) is 4.30. The molecule has 5 rings (SSSR count). The number of fused-ring (bicyclic) bond motifs is 1. The highest BCUT2D eigenvalue weighted by molar-refractivity contribution is 5.75. The molecule has 7 heteroatoms. The number of benzene rings is 4. The van der Waals surface area contributed by atoms with E-state index in [-0.39, 0.29) is 30.3 Å². The number of rotatable bonds is 7. The highest BCUT2D eigenvalue weighted by Crippen LogP contribution is 2.44. The van der Waals surface area contributed by atoms with Gasteiger partial charge in [-0.05, 0) is 47.0 Å². The van der Waals surface area contributed by atoms with Crippen LogP contribution in [0.3, 0.4) is 0 Å². The molecular formula is C31H23FN2O4. The van der Waals surface area contributed by atoms with Crippen molar-refractivity contribution in [2.24, 2.45) is 5.73 Å². The van der Waals surface area contributed by atoms with Gasteiger partial charge < -0.3 is 19.9 Å². The number of hydrogen-bond donors (Lipinski definition) is 1. The molecule has 1 aliphatic heterocycles. The Morgan fingerprint density at radius 1 is 0.921 bits per heavy atom. The van der Waals surface area contributed by atoms with Crippen LogP contribution in [0.1, 0.15) is 28.2 Å². The Hall–Kier alpha value is -5.09. The summed E-state index contributed by atoms with van der Waals surface area (Å²) in [7, 11) is 0. The van der Waals surface area contributed by atoms with E-state index in [0.717, 1.165) is 16.7 Å². The second-order valence-corrected chi connectivity index (χ2v) is 8.75. The van der Waals surface area contributed by atoms with Gasteiger partial charge in [-0.25, -0.2) is 4.39 Å². The van der Waals surface area contributed by atoms with E-state index in [1.165, 1.54) is 12.1 Å². The quantitative estimate of drug-likeness (QED) is 0.253.